The van der Waals surface area contributed by atoms with E-state index in [0.717, 1.165) is 66.6 Å². The van der Waals surface area contributed by atoms with Gasteiger partial charge in [0.2, 0.25) is 0 Å². The summed E-state index contributed by atoms with van der Waals surface area (Å²) in [5.74, 6) is 2.85. The molecule has 2 aromatic heterocycles. The minimum atomic E-state index is 0.769. The van der Waals surface area contributed by atoms with E-state index in [0.29, 0.717) is 0 Å². The molecule has 29 heavy (non-hydrogen) atoms. The van der Waals surface area contributed by atoms with Crippen molar-refractivity contribution in [1.29, 1.82) is 0 Å². The van der Waals surface area contributed by atoms with E-state index >= 15 is 0 Å². The third kappa shape index (κ3) is 4.39. The fraction of sp³-hybridized carbons (Fsp3) is 0.318. The molecule has 0 spiro atoms. The van der Waals surface area contributed by atoms with Crippen molar-refractivity contribution in [3.8, 4) is 0 Å². The first kappa shape index (κ1) is 19.0. The maximum atomic E-state index is 4.63. The molecule has 7 heteroatoms. The van der Waals surface area contributed by atoms with Gasteiger partial charge >= 0.3 is 0 Å². The molecule has 0 fully saturated rings. The van der Waals surface area contributed by atoms with Gasteiger partial charge in [0.15, 0.2) is 5.96 Å². The Balaban J connectivity index is 1.23. The van der Waals surface area contributed by atoms with Gasteiger partial charge in [0, 0.05) is 33.1 Å². The molecule has 0 unspecified atom stereocenters. The third-order valence-electron chi connectivity index (χ3n) is 5.01. The molecule has 0 saturated heterocycles. The summed E-state index contributed by atoms with van der Waals surface area (Å²) in [7, 11) is 1.80. The average Bonchev–Trinajstić information content (AvgIpc) is 3.29. The molecule has 0 amide bonds. The Morgan fingerprint density at radius 1 is 1.00 bits per heavy atom. The summed E-state index contributed by atoms with van der Waals surface area (Å²) in [6.45, 7) is 4.60. The molecule has 0 bridgehead atoms. The van der Waals surface area contributed by atoms with Crippen LogP contribution in [0.2, 0.25) is 0 Å². The van der Waals surface area contributed by atoms with Crippen molar-refractivity contribution >= 4 is 28.0 Å². The zero-order valence-corrected chi connectivity index (χ0v) is 16.9. The molecule has 150 valence electrons. The molecule has 2 heterocycles. The number of aliphatic imine (C=N–C) groups is 1. The van der Waals surface area contributed by atoms with Gasteiger partial charge in [-0.15, -0.1) is 0 Å². The molecule has 0 radical (unpaired) electrons. The van der Waals surface area contributed by atoms with Crippen LogP contribution in [0.5, 0.6) is 0 Å². The van der Waals surface area contributed by atoms with Crippen LogP contribution in [0.15, 0.2) is 53.5 Å². The van der Waals surface area contributed by atoms with E-state index in [9.17, 15) is 0 Å². The quantitative estimate of drug-likeness (QED) is 0.258. The van der Waals surface area contributed by atoms with Gasteiger partial charge in [-0.25, -0.2) is 9.97 Å². The van der Waals surface area contributed by atoms with Gasteiger partial charge < -0.3 is 20.2 Å². The van der Waals surface area contributed by atoms with Crippen molar-refractivity contribution in [1.82, 2.24) is 30.2 Å². The van der Waals surface area contributed by atoms with E-state index in [1.165, 1.54) is 5.52 Å². The van der Waals surface area contributed by atoms with Gasteiger partial charge in [0.25, 0.3) is 0 Å². The zero-order valence-electron chi connectivity index (χ0n) is 16.9. The number of nitrogens with zero attached hydrogens (tertiary/aromatic N) is 4. The number of hydrogen-bond acceptors (Lipinski definition) is 3. The summed E-state index contributed by atoms with van der Waals surface area (Å²) in [5.41, 5.74) is 4.33. The Labute approximate surface area is 170 Å². The number of aromatic amines is 1. The van der Waals surface area contributed by atoms with E-state index < -0.39 is 0 Å². The normalized spacial score (nSPS) is 12.0. The standard InChI is InChI=1S/C22H27N7/c1-16-26-19-10-5-6-11-20(19)29(16)15-7-13-24-22(23-2)25-14-12-21-27-17-8-3-4-9-18(17)28-21/h3-6,8-11H,7,12-15H2,1-2H3,(H,27,28)(H2,23,24,25). The number of H-pyrrole nitrogens is 1. The predicted molar refractivity (Wildman–Crippen MR) is 118 cm³/mol. The monoisotopic (exact) mass is 389 g/mol. The van der Waals surface area contributed by atoms with Crippen molar-refractivity contribution in [3.05, 3.63) is 60.2 Å². The lowest BCUT2D eigenvalue weighted by molar-refractivity contribution is 0.624. The Kier molecular flexibility index (Phi) is 5.74. The van der Waals surface area contributed by atoms with Crippen molar-refractivity contribution < 1.29 is 0 Å². The predicted octanol–water partition coefficient (Wildman–Crippen LogP) is 3.02. The summed E-state index contributed by atoms with van der Waals surface area (Å²) in [6, 6.07) is 16.4. The maximum Gasteiger partial charge on any atom is 0.190 e. The topological polar surface area (TPSA) is 82.9 Å². The molecular weight excluding hydrogens is 362 g/mol. The van der Waals surface area contributed by atoms with Crippen LogP contribution < -0.4 is 10.6 Å². The molecule has 0 saturated carbocycles. The van der Waals surface area contributed by atoms with Gasteiger partial charge in [-0.3, -0.25) is 4.99 Å². The van der Waals surface area contributed by atoms with E-state index in [1.54, 1.807) is 7.05 Å². The number of para-hydroxylation sites is 4. The molecular formula is C22H27N7. The number of nitrogens with one attached hydrogen (secondary N) is 3. The summed E-state index contributed by atoms with van der Waals surface area (Å²) in [5, 5.41) is 6.74. The highest BCUT2D eigenvalue weighted by atomic mass is 15.2. The largest absolute Gasteiger partial charge is 0.356 e. The van der Waals surface area contributed by atoms with Gasteiger partial charge in [0.05, 0.1) is 22.1 Å². The minimum absolute atomic E-state index is 0.769. The van der Waals surface area contributed by atoms with Crippen molar-refractivity contribution in [2.75, 3.05) is 20.1 Å². The van der Waals surface area contributed by atoms with Crippen molar-refractivity contribution in [3.63, 3.8) is 0 Å². The lowest BCUT2D eigenvalue weighted by Gasteiger charge is -2.12. The van der Waals surface area contributed by atoms with Gasteiger partial charge in [-0.2, -0.15) is 0 Å². The molecule has 4 rings (SSSR count). The lowest BCUT2D eigenvalue weighted by Crippen LogP contribution is -2.39. The van der Waals surface area contributed by atoms with E-state index in [2.05, 4.69) is 60.3 Å². The molecule has 0 aliphatic heterocycles. The van der Waals surface area contributed by atoms with Gasteiger partial charge in [-0.05, 0) is 37.6 Å². The van der Waals surface area contributed by atoms with E-state index in [1.807, 2.05) is 30.3 Å². The van der Waals surface area contributed by atoms with Crippen LogP contribution in [0.3, 0.4) is 0 Å². The number of aromatic nitrogens is 4. The molecule has 0 aliphatic carbocycles. The number of hydrogen-bond donors (Lipinski definition) is 3. The summed E-state index contributed by atoms with van der Waals surface area (Å²) in [4.78, 5) is 16.9. The summed E-state index contributed by atoms with van der Waals surface area (Å²) < 4.78 is 2.27. The second kappa shape index (κ2) is 8.77. The summed E-state index contributed by atoms with van der Waals surface area (Å²) >= 11 is 0. The van der Waals surface area contributed by atoms with Crippen LogP contribution in [0, 0.1) is 6.92 Å². The Hall–Kier alpha value is -3.35. The molecule has 0 atom stereocenters. The van der Waals surface area contributed by atoms with Crippen LogP contribution in [0.4, 0.5) is 0 Å². The van der Waals surface area contributed by atoms with E-state index in [-0.39, 0.29) is 0 Å². The highest BCUT2D eigenvalue weighted by molar-refractivity contribution is 5.79. The number of fused-ring (bicyclic) bond motifs is 2. The third-order valence-corrected chi connectivity index (χ3v) is 5.01. The average molecular weight is 390 g/mol. The van der Waals surface area contributed by atoms with Crippen LogP contribution in [-0.4, -0.2) is 45.6 Å². The maximum absolute atomic E-state index is 4.63. The van der Waals surface area contributed by atoms with Crippen molar-refractivity contribution in [2.45, 2.75) is 26.3 Å². The van der Waals surface area contributed by atoms with Crippen LogP contribution in [-0.2, 0) is 13.0 Å². The Bertz CT molecular complexity index is 1090. The fourth-order valence-corrected chi connectivity index (χ4v) is 3.57. The first-order valence-corrected chi connectivity index (χ1v) is 10.0. The number of rotatable bonds is 7. The number of imidazole rings is 2. The van der Waals surface area contributed by atoms with Gasteiger partial charge in [-0.1, -0.05) is 24.3 Å². The highest BCUT2D eigenvalue weighted by Crippen LogP contribution is 2.15. The number of aryl methyl sites for hydroxylation is 2. The highest BCUT2D eigenvalue weighted by Gasteiger charge is 2.06. The lowest BCUT2D eigenvalue weighted by atomic mass is 10.3. The molecule has 7 nitrogen and oxygen atoms in total. The second-order valence-electron chi connectivity index (χ2n) is 7.03. The van der Waals surface area contributed by atoms with Crippen LogP contribution in [0.25, 0.3) is 22.1 Å². The van der Waals surface area contributed by atoms with E-state index in [4.69, 9.17) is 0 Å². The smallest absolute Gasteiger partial charge is 0.190 e. The van der Waals surface area contributed by atoms with Crippen molar-refractivity contribution in [2.24, 2.45) is 4.99 Å². The second-order valence-corrected chi connectivity index (χ2v) is 7.03. The first-order chi connectivity index (χ1) is 14.2. The number of benzene rings is 2. The molecule has 4 aromatic rings. The molecule has 0 aliphatic rings. The molecule has 3 N–H and O–H groups in total. The molecule has 2 aromatic carbocycles. The first-order valence-electron chi connectivity index (χ1n) is 10.0. The Morgan fingerprint density at radius 2 is 1.76 bits per heavy atom. The minimum Gasteiger partial charge on any atom is -0.356 e. The zero-order chi connectivity index (χ0) is 20.1. The Morgan fingerprint density at radius 3 is 2.59 bits per heavy atom. The van der Waals surface area contributed by atoms with Crippen LogP contribution >= 0.6 is 0 Å². The number of guanidine groups is 1. The summed E-state index contributed by atoms with van der Waals surface area (Å²) in [6.07, 6.45) is 1.81. The van der Waals surface area contributed by atoms with Gasteiger partial charge in [0.1, 0.15) is 11.6 Å². The van der Waals surface area contributed by atoms with Crippen LogP contribution in [0.1, 0.15) is 18.1 Å². The fourth-order valence-electron chi connectivity index (χ4n) is 3.57. The SMILES string of the molecule is CN=C(NCCCn1c(C)nc2ccccc21)NCCc1nc2ccccc2[nH]1.